The number of imidazole rings is 1. The van der Waals surface area contributed by atoms with Gasteiger partial charge in [0.15, 0.2) is 0 Å². The molecule has 1 aliphatic rings. The summed E-state index contributed by atoms with van der Waals surface area (Å²) in [5.74, 6) is 2.93. The molecule has 0 aliphatic heterocycles. The van der Waals surface area contributed by atoms with Gasteiger partial charge in [-0.25, -0.2) is 4.98 Å². The van der Waals surface area contributed by atoms with Gasteiger partial charge in [-0.1, -0.05) is 19.9 Å². The van der Waals surface area contributed by atoms with Crippen LogP contribution in [-0.4, -0.2) is 16.2 Å². The first-order valence-corrected chi connectivity index (χ1v) is 8.31. The summed E-state index contributed by atoms with van der Waals surface area (Å²) >= 11 is 6.14. The minimum absolute atomic E-state index is 0.427. The summed E-state index contributed by atoms with van der Waals surface area (Å²) in [5, 5.41) is 0. The first-order chi connectivity index (χ1) is 10.1. The molecule has 0 radical (unpaired) electrons. The molecule has 2 aromatic rings. The smallest absolute Gasteiger partial charge is 0.147 e. The molecule has 1 aromatic carbocycles. The van der Waals surface area contributed by atoms with Crippen LogP contribution in [-0.2, 0) is 12.4 Å². The number of rotatable bonds is 6. The van der Waals surface area contributed by atoms with Crippen molar-refractivity contribution in [2.24, 2.45) is 11.3 Å². The van der Waals surface area contributed by atoms with E-state index in [1.807, 2.05) is 19.1 Å². The topological polar surface area (TPSA) is 27.1 Å². The second kappa shape index (κ2) is 5.53. The molecule has 21 heavy (non-hydrogen) atoms. The van der Waals surface area contributed by atoms with E-state index in [-0.39, 0.29) is 0 Å². The van der Waals surface area contributed by atoms with Crippen molar-refractivity contribution in [1.82, 2.24) is 9.55 Å². The number of alkyl halides is 1. The lowest BCUT2D eigenvalue weighted by Gasteiger charge is -2.21. The van der Waals surface area contributed by atoms with Crippen LogP contribution < -0.4 is 4.74 Å². The van der Waals surface area contributed by atoms with E-state index in [2.05, 4.69) is 24.5 Å². The minimum Gasteiger partial charge on any atom is -0.492 e. The Morgan fingerprint density at radius 2 is 2.14 bits per heavy atom. The summed E-state index contributed by atoms with van der Waals surface area (Å²) < 4.78 is 8.01. The van der Waals surface area contributed by atoms with E-state index in [4.69, 9.17) is 21.3 Å². The molecule has 0 spiro atoms. The Labute approximate surface area is 131 Å². The van der Waals surface area contributed by atoms with Crippen LogP contribution in [0.5, 0.6) is 5.75 Å². The Kier molecular flexibility index (Phi) is 3.87. The van der Waals surface area contributed by atoms with Crippen molar-refractivity contribution in [2.45, 2.75) is 46.0 Å². The lowest BCUT2D eigenvalue weighted by molar-refractivity contribution is 0.309. The van der Waals surface area contributed by atoms with Gasteiger partial charge in [-0.05, 0) is 43.2 Å². The number of hydrogen-bond acceptors (Lipinski definition) is 2. The third-order valence-corrected chi connectivity index (χ3v) is 5.07. The number of hydrogen-bond donors (Lipinski definition) is 0. The molecule has 0 saturated heterocycles. The summed E-state index contributed by atoms with van der Waals surface area (Å²) in [6.45, 7) is 8.30. The van der Waals surface area contributed by atoms with Gasteiger partial charge in [-0.15, -0.1) is 11.6 Å². The molecule has 1 heterocycles. The molecule has 0 unspecified atom stereocenters. The second-order valence-corrected chi connectivity index (χ2v) is 6.59. The quantitative estimate of drug-likeness (QED) is 0.729. The summed E-state index contributed by atoms with van der Waals surface area (Å²) in [6, 6.07) is 6.15. The van der Waals surface area contributed by atoms with Crippen LogP contribution in [0.25, 0.3) is 11.0 Å². The minimum atomic E-state index is 0.427. The summed E-state index contributed by atoms with van der Waals surface area (Å²) in [4.78, 5) is 4.73. The highest BCUT2D eigenvalue weighted by Crippen LogP contribution is 2.53. The lowest BCUT2D eigenvalue weighted by Crippen LogP contribution is -2.19. The van der Waals surface area contributed by atoms with Gasteiger partial charge < -0.3 is 9.30 Å². The molecule has 1 saturated carbocycles. The molecule has 0 N–H and O–H groups in total. The van der Waals surface area contributed by atoms with Gasteiger partial charge in [-0.2, -0.15) is 0 Å². The van der Waals surface area contributed by atoms with E-state index in [1.54, 1.807) is 0 Å². The highest BCUT2D eigenvalue weighted by molar-refractivity contribution is 6.16. The van der Waals surface area contributed by atoms with Crippen LogP contribution in [0.3, 0.4) is 0 Å². The molecular weight excluding hydrogens is 284 g/mol. The molecule has 3 nitrogen and oxygen atoms in total. The maximum absolute atomic E-state index is 6.14. The first kappa shape index (κ1) is 14.7. The summed E-state index contributed by atoms with van der Waals surface area (Å²) in [6.07, 6.45) is 2.61. The van der Waals surface area contributed by atoms with Gasteiger partial charge in [0.2, 0.25) is 0 Å². The maximum Gasteiger partial charge on any atom is 0.147 e. The fourth-order valence-corrected chi connectivity index (χ4v) is 3.32. The standard InChI is InChI=1S/C17H23ClN2O/c1-4-21-14-7-5-6-13-16(14)19-15(10-18)20(13)11-17(8-9-17)12(2)3/h5-7,12H,4,8-11H2,1-3H3. The van der Waals surface area contributed by atoms with Gasteiger partial charge in [0.1, 0.15) is 17.1 Å². The largest absolute Gasteiger partial charge is 0.492 e. The Balaban J connectivity index is 2.06. The monoisotopic (exact) mass is 306 g/mol. The number of halogens is 1. The molecule has 1 aromatic heterocycles. The molecule has 1 aliphatic carbocycles. The van der Waals surface area contributed by atoms with Crippen molar-refractivity contribution >= 4 is 22.6 Å². The van der Waals surface area contributed by atoms with E-state index in [9.17, 15) is 0 Å². The lowest BCUT2D eigenvalue weighted by atomic mass is 9.92. The highest BCUT2D eigenvalue weighted by atomic mass is 35.5. The summed E-state index contributed by atoms with van der Waals surface area (Å²) in [7, 11) is 0. The Bertz CT molecular complexity index is 644. The molecule has 0 atom stereocenters. The molecule has 0 amide bonds. The number of para-hydroxylation sites is 1. The van der Waals surface area contributed by atoms with E-state index < -0.39 is 0 Å². The molecule has 3 rings (SSSR count). The zero-order chi connectivity index (χ0) is 15.0. The third-order valence-electron chi connectivity index (χ3n) is 4.83. The van der Waals surface area contributed by atoms with Crippen LogP contribution in [0.1, 0.15) is 39.4 Å². The molecule has 4 heteroatoms. The van der Waals surface area contributed by atoms with Crippen LogP contribution >= 0.6 is 11.6 Å². The fourth-order valence-electron chi connectivity index (χ4n) is 3.11. The number of benzene rings is 1. The van der Waals surface area contributed by atoms with Crippen molar-refractivity contribution < 1.29 is 4.74 Å². The molecule has 0 bridgehead atoms. The molecular formula is C17H23ClN2O. The van der Waals surface area contributed by atoms with Crippen molar-refractivity contribution in [2.75, 3.05) is 6.61 Å². The number of ether oxygens (including phenoxy) is 1. The normalized spacial score (nSPS) is 16.6. The van der Waals surface area contributed by atoms with E-state index in [1.165, 1.54) is 12.8 Å². The Morgan fingerprint density at radius 1 is 1.38 bits per heavy atom. The van der Waals surface area contributed by atoms with Crippen molar-refractivity contribution in [1.29, 1.82) is 0 Å². The van der Waals surface area contributed by atoms with E-state index in [0.29, 0.717) is 23.8 Å². The number of nitrogens with zero attached hydrogens (tertiary/aromatic N) is 2. The van der Waals surface area contributed by atoms with Crippen LogP contribution in [0.2, 0.25) is 0 Å². The average molecular weight is 307 g/mol. The predicted molar refractivity (Wildman–Crippen MR) is 87.0 cm³/mol. The zero-order valence-corrected chi connectivity index (χ0v) is 13.8. The zero-order valence-electron chi connectivity index (χ0n) is 13.0. The first-order valence-electron chi connectivity index (χ1n) is 7.78. The average Bonchev–Trinajstić information content (AvgIpc) is 3.17. The van der Waals surface area contributed by atoms with Crippen molar-refractivity contribution in [3.63, 3.8) is 0 Å². The SMILES string of the molecule is CCOc1cccc2c1nc(CCl)n2CC1(C(C)C)CC1. The predicted octanol–water partition coefficient (Wildman–Crippen LogP) is 4.61. The van der Waals surface area contributed by atoms with Gasteiger partial charge in [0, 0.05) is 6.54 Å². The maximum atomic E-state index is 6.14. The number of aromatic nitrogens is 2. The van der Waals surface area contributed by atoms with Crippen molar-refractivity contribution in [3.05, 3.63) is 24.0 Å². The molecule has 1 fully saturated rings. The molecule has 114 valence electrons. The van der Waals surface area contributed by atoms with Gasteiger partial charge in [-0.3, -0.25) is 0 Å². The third kappa shape index (κ3) is 2.52. The van der Waals surface area contributed by atoms with Gasteiger partial charge in [0.05, 0.1) is 18.0 Å². The fraction of sp³-hybridized carbons (Fsp3) is 0.588. The Hall–Kier alpha value is -1.22. The number of fused-ring (bicyclic) bond motifs is 1. The van der Waals surface area contributed by atoms with Crippen LogP contribution in [0, 0.1) is 11.3 Å². The van der Waals surface area contributed by atoms with Gasteiger partial charge in [0.25, 0.3) is 0 Å². The van der Waals surface area contributed by atoms with E-state index in [0.717, 1.165) is 29.2 Å². The summed E-state index contributed by atoms with van der Waals surface area (Å²) in [5.41, 5.74) is 2.51. The van der Waals surface area contributed by atoms with Crippen LogP contribution in [0.4, 0.5) is 0 Å². The van der Waals surface area contributed by atoms with Gasteiger partial charge >= 0.3 is 0 Å². The highest BCUT2D eigenvalue weighted by Gasteiger charge is 2.46. The Morgan fingerprint density at radius 3 is 2.71 bits per heavy atom. The van der Waals surface area contributed by atoms with Crippen molar-refractivity contribution in [3.8, 4) is 5.75 Å². The second-order valence-electron chi connectivity index (χ2n) is 6.32. The van der Waals surface area contributed by atoms with Crippen LogP contribution in [0.15, 0.2) is 18.2 Å². The van der Waals surface area contributed by atoms with E-state index >= 15 is 0 Å².